The van der Waals surface area contributed by atoms with E-state index < -0.39 is 0 Å². The first-order chi connectivity index (χ1) is 14.2. The van der Waals surface area contributed by atoms with Gasteiger partial charge in [-0.25, -0.2) is 4.98 Å². The van der Waals surface area contributed by atoms with Gasteiger partial charge >= 0.3 is 0 Å². The minimum Gasteiger partial charge on any atom is -0.496 e. The predicted molar refractivity (Wildman–Crippen MR) is 111 cm³/mol. The molecule has 4 rings (SSSR count). The van der Waals surface area contributed by atoms with Crippen LogP contribution in [0.3, 0.4) is 0 Å². The van der Waals surface area contributed by atoms with Crippen molar-refractivity contribution in [1.29, 1.82) is 0 Å². The number of amides is 1. The normalized spacial score (nSPS) is 12.4. The molecule has 1 amide bonds. The molecule has 0 saturated carbocycles. The van der Waals surface area contributed by atoms with Gasteiger partial charge < -0.3 is 24.1 Å². The molecule has 0 radical (unpaired) electrons. The van der Waals surface area contributed by atoms with Crippen molar-refractivity contribution in [2.45, 2.75) is 11.7 Å². The first-order valence-electron chi connectivity index (χ1n) is 9.18. The van der Waals surface area contributed by atoms with Crippen molar-refractivity contribution in [3.8, 4) is 17.2 Å². The molecule has 0 aliphatic carbocycles. The molecule has 0 bridgehead atoms. The molecule has 29 heavy (non-hydrogen) atoms. The van der Waals surface area contributed by atoms with E-state index in [9.17, 15) is 4.79 Å². The number of thioether (sulfide) groups is 1. The van der Waals surface area contributed by atoms with E-state index in [0.717, 1.165) is 16.5 Å². The monoisotopic (exact) mass is 411 g/mol. The number of ether oxygens (including phenoxy) is 3. The molecule has 0 unspecified atom stereocenters. The molecule has 3 aromatic rings. The van der Waals surface area contributed by atoms with E-state index in [-0.39, 0.29) is 11.7 Å². The van der Waals surface area contributed by atoms with Gasteiger partial charge in [-0.3, -0.25) is 4.79 Å². The number of fused-ring (bicyclic) bond motifs is 1. The highest BCUT2D eigenvalue weighted by atomic mass is 32.2. The Morgan fingerprint density at radius 1 is 1.21 bits per heavy atom. The number of anilines is 1. The lowest BCUT2D eigenvalue weighted by molar-refractivity contribution is -0.113. The molecule has 1 N–H and O–H groups in total. The summed E-state index contributed by atoms with van der Waals surface area (Å²) in [5, 5.41) is 3.66. The van der Waals surface area contributed by atoms with E-state index >= 15 is 0 Å². The SMILES string of the molecule is COc1ccccc1Cn1ccnc1SCC(=O)Nc1ccc2c(c1)OCCO2. The number of hydrogen-bond acceptors (Lipinski definition) is 6. The van der Waals surface area contributed by atoms with Gasteiger partial charge in [0.25, 0.3) is 0 Å². The molecule has 150 valence electrons. The Hall–Kier alpha value is -3.13. The predicted octanol–water partition coefficient (Wildman–Crippen LogP) is 3.44. The van der Waals surface area contributed by atoms with Gasteiger partial charge in [-0.2, -0.15) is 0 Å². The molecule has 1 aromatic heterocycles. The summed E-state index contributed by atoms with van der Waals surface area (Å²) in [6.45, 7) is 1.67. The first-order valence-corrected chi connectivity index (χ1v) is 10.2. The van der Waals surface area contributed by atoms with Gasteiger partial charge in [0.15, 0.2) is 16.7 Å². The average Bonchev–Trinajstić information content (AvgIpc) is 3.19. The minimum absolute atomic E-state index is 0.112. The lowest BCUT2D eigenvalue weighted by Crippen LogP contribution is -2.17. The second-order valence-corrected chi connectivity index (χ2v) is 7.29. The Labute approximate surface area is 173 Å². The van der Waals surface area contributed by atoms with E-state index in [1.54, 1.807) is 31.5 Å². The fourth-order valence-corrected chi connectivity index (χ4v) is 3.78. The number of methoxy groups -OCH3 is 1. The van der Waals surface area contributed by atoms with Gasteiger partial charge in [0, 0.05) is 29.7 Å². The summed E-state index contributed by atoms with van der Waals surface area (Å²) >= 11 is 1.39. The molecular weight excluding hydrogens is 390 g/mol. The summed E-state index contributed by atoms with van der Waals surface area (Å²) in [7, 11) is 1.66. The molecule has 1 aliphatic heterocycles. The zero-order chi connectivity index (χ0) is 20.1. The third kappa shape index (κ3) is 4.65. The number of carbonyl (C=O) groups is 1. The van der Waals surface area contributed by atoms with Crippen molar-refractivity contribution in [3.63, 3.8) is 0 Å². The molecule has 7 nitrogen and oxygen atoms in total. The highest BCUT2D eigenvalue weighted by Crippen LogP contribution is 2.32. The van der Waals surface area contributed by atoms with E-state index in [1.165, 1.54) is 11.8 Å². The van der Waals surface area contributed by atoms with E-state index in [2.05, 4.69) is 10.3 Å². The van der Waals surface area contributed by atoms with Crippen molar-refractivity contribution >= 4 is 23.4 Å². The van der Waals surface area contributed by atoms with Crippen molar-refractivity contribution < 1.29 is 19.0 Å². The van der Waals surface area contributed by atoms with Gasteiger partial charge in [0.05, 0.1) is 19.4 Å². The maximum atomic E-state index is 12.4. The van der Waals surface area contributed by atoms with Gasteiger partial charge in [-0.1, -0.05) is 30.0 Å². The van der Waals surface area contributed by atoms with Gasteiger partial charge in [0.2, 0.25) is 5.91 Å². The quantitative estimate of drug-likeness (QED) is 0.601. The number of hydrogen-bond donors (Lipinski definition) is 1. The van der Waals surface area contributed by atoms with Crippen LogP contribution >= 0.6 is 11.8 Å². The van der Waals surface area contributed by atoms with Crippen LogP contribution in [-0.2, 0) is 11.3 Å². The van der Waals surface area contributed by atoms with Crippen LogP contribution in [0.1, 0.15) is 5.56 Å². The maximum Gasteiger partial charge on any atom is 0.234 e. The lowest BCUT2D eigenvalue weighted by atomic mass is 10.2. The third-order valence-corrected chi connectivity index (χ3v) is 5.37. The molecule has 0 atom stereocenters. The second kappa shape index (κ2) is 8.91. The second-order valence-electron chi connectivity index (χ2n) is 6.34. The average molecular weight is 411 g/mol. The van der Waals surface area contributed by atoms with Crippen LogP contribution in [0, 0.1) is 0 Å². The zero-order valence-corrected chi connectivity index (χ0v) is 16.8. The van der Waals surface area contributed by atoms with Crippen LogP contribution in [0.15, 0.2) is 60.0 Å². The van der Waals surface area contributed by atoms with Gasteiger partial charge in [-0.15, -0.1) is 0 Å². The molecular formula is C21H21N3O4S. The van der Waals surface area contributed by atoms with E-state index in [0.29, 0.717) is 36.9 Å². The summed E-state index contributed by atoms with van der Waals surface area (Å²) in [6, 6.07) is 13.2. The fraction of sp³-hybridized carbons (Fsp3) is 0.238. The maximum absolute atomic E-state index is 12.4. The Kier molecular flexibility index (Phi) is 5.90. The molecule has 8 heteroatoms. The molecule has 0 saturated heterocycles. The number of rotatable bonds is 7. The van der Waals surface area contributed by atoms with Crippen molar-refractivity contribution in [2.24, 2.45) is 0 Å². The van der Waals surface area contributed by atoms with Gasteiger partial charge in [0.1, 0.15) is 19.0 Å². The highest BCUT2D eigenvalue weighted by molar-refractivity contribution is 7.99. The fourth-order valence-electron chi connectivity index (χ4n) is 3.02. The Morgan fingerprint density at radius 2 is 2.03 bits per heavy atom. The van der Waals surface area contributed by atoms with Crippen molar-refractivity contribution in [2.75, 3.05) is 31.4 Å². The Balaban J connectivity index is 1.36. The van der Waals surface area contributed by atoms with Crippen LogP contribution in [0.4, 0.5) is 5.69 Å². The van der Waals surface area contributed by atoms with E-state index in [4.69, 9.17) is 14.2 Å². The smallest absolute Gasteiger partial charge is 0.234 e. The number of nitrogens with one attached hydrogen (secondary N) is 1. The Morgan fingerprint density at radius 3 is 2.90 bits per heavy atom. The first kappa shape index (κ1) is 19.2. The van der Waals surface area contributed by atoms with Crippen LogP contribution in [-0.4, -0.2) is 41.5 Å². The minimum atomic E-state index is -0.112. The van der Waals surface area contributed by atoms with Crippen molar-refractivity contribution in [1.82, 2.24) is 9.55 Å². The Bertz CT molecular complexity index is 1010. The summed E-state index contributed by atoms with van der Waals surface area (Å²) in [5.41, 5.74) is 1.73. The highest BCUT2D eigenvalue weighted by Gasteiger charge is 2.14. The molecule has 2 heterocycles. The number of carbonyl (C=O) groups excluding carboxylic acids is 1. The van der Waals surface area contributed by atoms with E-state index in [1.807, 2.05) is 35.0 Å². The largest absolute Gasteiger partial charge is 0.496 e. The number of nitrogens with zero attached hydrogens (tertiary/aromatic N) is 2. The molecule has 1 aliphatic rings. The topological polar surface area (TPSA) is 74.6 Å². The number of imidazole rings is 1. The third-order valence-electron chi connectivity index (χ3n) is 4.37. The number of para-hydroxylation sites is 1. The van der Waals surface area contributed by atoms with Crippen LogP contribution in [0.2, 0.25) is 0 Å². The molecule has 0 spiro atoms. The summed E-state index contributed by atoms with van der Waals surface area (Å²) in [5.74, 6) is 2.31. The summed E-state index contributed by atoms with van der Waals surface area (Å²) in [6.07, 6.45) is 3.63. The van der Waals surface area contributed by atoms with Crippen LogP contribution < -0.4 is 19.5 Å². The zero-order valence-electron chi connectivity index (χ0n) is 16.0. The standard InChI is InChI=1S/C21H21N3O4S/c1-26-17-5-3-2-4-15(17)13-24-9-8-22-21(24)29-14-20(25)23-16-6-7-18-19(12-16)28-11-10-27-18/h2-9,12H,10-11,13-14H2,1H3,(H,23,25). The number of aromatic nitrogens is 2. The summed E-state index contributed by atoms with van der Waals surface area (Å²) < 4.78 is 18.5. The van der Waals surface area contributed by atoms with Crippen LogP contribution in [0.25, 0.3) is 0 Å². The number of benzene rings is 2. The molecule has 2 aromatic carbocycles. The van der Waals surface area contributed by atoms with Crippen LogP contribution in [0.5, 0.6) is 17.2 Å². The van der Waals surface area contributed by atoms with Gasteiger partial charge in [-0.05, 0) is 18.2 Å². The summed E-state index contributed by atoms with van der Waals surface area (Å²) in [4.78, 5) is 16.8. The molecule has 0 fully saturated rings. The lowest BCUT2D eigenvalue weighted by Gasteiger charge is -2.19. The van der Waals surface area contributed by atoms with Crippen molar-refractivity contribution in [3.05, 3.63) is 60.4 Å².